The van der Waals surface area contributed by atoms with Gasteiger partial charge in [0.1, 0.15) is 29.0 Å². The third kappa shape index (κ3) is 7.72. The SMILES string of the molecule is COc1ccc(C(OCC(CN2CCN(C)CC2)Oc2ccc(B3OC(C)(C)C(C)(C)O3)cc2)(c2ccccc2)c2ccc(OC)cc2)cc1. The molecular weight excluding hydrogens is 627 g/mol. The number of likely N-dealkylation sites (N-methyl/N-ethyl adjacent to an activating group) is 1. The maximum atomic E-state index is 7.30. The third-order valence-electron chi connectivity index (χ3n) is 10.4. The average molecular weight is 679 g/mol. The molecular formula is C41H51BN2O6. The van der Waals surface area contributed by atoms with Gasteiger partial charge in [-0.25, -0.2) is 0 Å². The van der Waals surface area contributed by atoms with E-state index in [4.69, 9.17) is 28.3 Å². The molecule has 0 N–H and O–H groups in total. The van der Waals surface area contributed by atoms with Gasteiger partial charge in [0, 0.05) is 32.7 Å². The highest BCUT2D eigenvalue weighted by atomic mass is 16.7. The summed E-state index contributed by atoms with van der Waals surface area (Å²) >= 11 is 0. The first-order chi connectivity index (χ1) is 24.0. The Bertz CT molecular complexity index is 1590. The van der Waals surface area contributed by atoms with E-state index < -0.39 is 23.9 Å². The van der Waals surface area contributed by atoms with Gasteiger partial charge in [0.05, 0.1) is 32.0 Å². The molecule has 0 bridgehead atoms. The first-order valence-electron chi connectivity index (χ1n) is 17.5. The summed E-state index contributed by atoms with van der Waals surface area (Å²) in [5.74, 6) is 2.34. The number of hydrogen-bond acceptors (Lipinski definition) is 8. The van der Waals surface area contributed by atoms with Crippen molar-refractivity contribution in [2.45, 2.75) is 50.6 Å². The topological polar surface area (TPSA) is 61.9 Å². The van der Waals surface area contributed by atoms with E-state index in [1.54, 1.807) is 14.2 Å². The molecule has 6 rings (SSSR count). The van der Waals surface area contributed by atoms with Gasteiger partial charge in [0.15, 0.2) is 0 Å². The first-order valence-corrected chi connectivity index (χ1v) is 17.5. The molecule has 2 saturated heterocycles. The number of ether oxygens (including phenoxy) is 4. The molecule has 4 aromatic rings. The lowest BCUT2D eigenvalue weighted by Crippen LogP contribution is -2.49. The summed E-state index contributed by atoms with van der Waals surface area (Å²) in [4.78, 5) is 4.84. The standard InChI is InChI=1S/C41H51BN2O6/c1-39(2)40(3,4)50-42(49-39)34-17-23-37(24-18-34)48-38(29-44-27-25-43(5)26-28-44)30-47-41(31-11-9-8-10-12-31,32-13-19-35(45-6)20-14-32)33-15-21-36(46-7)22-16-33/h8-24,38H,25-30H2,1-7H3. The second kappa shape index (κ2) is 15.2. The predicted molar refractivity (Wildman–Crippen MR) is 199 cm³/mol. The number of hydrogen-bond donors (Lipinski definition) is 0. The molecule has 264 valence electrons. The van der Waals surface area contributed by atoms with E-state index in [-0.39, 0.29) is 6.10 Å². The quantitative estimate of drug-likeness (QED) is 0.126. The summed E-state index contributed by atoms with van der Waals surface area (Å²) in [5, 5.41) is 0. The summed E-state index contributed by atoms with van der Waals surface area (Å²) in [5.41, 5.74) is 2.20. The fourth-order valence-electron chi connectivity index (χ4n) is 6.61. The molecule has 0 aromatic heterocycles. The van der Waals surface area contributed by atoms with Gasteiger partial charge in [-0.3, -0.25) is 4.90 Å². The van der Waals surface area contributed by atoms with Crippen LogP contribution in [0.2, 0.25) is 0 Å². The zero-order valence-corrected chi connectivity index (χ0v) is 30.6. The number of rotatable bonds is 13. The number of methoxy groups -OCH3 is 2. The Morgan fingerprint density at radius 1 is 0.660 bits per heavy atom. The third-order valence-corrected chi connectivity index (χ3v) is 10.4. The van der Waals surface area contributed by atoms with Crippen LogP contribution in [0.15, 0.2) is 103 Å². The first kappa shape index (κ1) is 36.0. The molecule has 8 nitrogen and oxygen atoms in total. The van der Waals surface area contributed by atoms with Gasteiger partial charge in [-0.05, 0) is 93.3 Å². The maximum Gasteiger partial charge on any atom is 0.494 e. The van der Waals surface area contributed by atoms with E-state index in [0.717, 1.165) is 72.1 Å². The molecule has 4 aromatic carbocycles. The minimum absolute atomic E-state index is 0.263. The van der Waals surface area contributed by atoms with E-state index in [9.17, 15) is 0 Å². The van der Waals surface area contributed by atoms with Crippen molar-refractivity contribution in [3.63, 3.8) is 0 Å². The van der Waals surface area contributed by atoms with Crippen molar-refractivity contribution >= 4 is 12.6 Å². The van der Waals surface area contributed by atoms with Gasteiger partial charge >= 0.3 is 7.12 Å². The lowest BCUT2D eigenvalue weighted by molar-refractivity contribution is -0.0410. The van der Waals surface area contributed by atoms with Gasteiger partial charge in [-0.1, -0.05) is 66.7 Å². The smallest absolute Gasteiger partial charge is 0.494 e. The van der Waals surface area contributed by atoms with Crippen LogP contribution in [0.25, 0.3) is 0 Å². The van der Waals surface area contributed by atoms with Crippen LogP contribution in [0.5, 0.6) is 17.2 Å². The summed E-state index contributed by atoms with van der Waals surface area (Å²) < 4.78 is 37.8. The molecule has 0 saturated carbocycles. The normalized spacial score (nSPS) is 18.5. The van der Waals surface area contributed by atoms with Crippen molar-refractivity contribution in [1.82, 2.24) is 9.80 Å². The maximum absolute atomic E-state index is 7.30. The van der Waals surface area contributed by atoms with Crippen LogP contribution in [0.1, 0.15) is 44.4 Å². The molecule has 0 amide bonds. The van der Waals surface area contributed by atoms with E-state index in [2.05, 4.69) is 93.1 Å². The van der Waals surface area contributed by atoms with Crippen molar-refractivity contribution in [2.24, 2.45) is 0 Å². The Kier molecular flexibility index (Phi) is 10.9. The molecule has 1 unspecified atom stereocenters. The Morgan fingerprint density at radius 2 is 1.14 bits per heavy atom. The largest absolute Gasteiger partial charge is 0.497 e. The second-order valence-corrected chi connectivity index (χ2v) is 14.3. The molecule has 0 radical (unpaired) electrons. The highest BCUT2D eigenvalue weighted by molar-refractivity contribution is 6.62. The van der Waals surface area contributed by atoms with Crippen LogP contribution in [0.4, 0.5) is 0 Å². The van der Waals surface area contributed by atoms with Crippen molar-refractivity contribution in [3.8, 4) is 17.2 Å². The minimum atomic E-state index is -0.940. The van der Waals surface area contributed by atoms with Gasteiger partial charge < -0.3 is 33.2 Å². The van der Waals surface area contributed by atoms with Crippen LogP contribution >= 0.6 is 0 Å². The Balaban J connectivity index is 1.33. The van der Waals surface area contributed by atoms with Gasteiger partial charge in [-0.2, -0.15) is 0 Å². The fourth-order valence-corrected chi connectivity index (χ4v) is 6.61. The van der Waals surface area contributed by atoms with Gasteiger partial charge in [0.25, 0.3) is 0 Å². The molecule has 0 aliphatic carbocycles. The average Bonchev–Trinajstić information content (AvgIpc) is 3.36. The van der Waals surface area contributed by atoms with Crippen LogP contribution in [-0.4, -0.2) is 94.8 Å². The molecule has 2 fully saturated rings. The molecule has 9 heteroatoms. The lowest BCUT2D eigenvalue weighted by Gasteiger charge is -2.39. The van der Waals surface area contributed by atoms with Crippen LogP contribution in [-0.2, 0) is 19.6 Å². The van der Waals surface area contributed by atoms with Crippen molar-refractivity contribution < 1.29 is 28.3 Å². The van der Waals surface area contributed by atoms with Gasteiger partial charge in [-0.15, -0.1) is 0 Å². The van der Waals surface area contributed by atoms with Crippen LogP contribution < -0.4 is 19.7 Å². The number of piperazine rings is 1. The monoisotopic (exact) mass is 678 g/mol. The zero-order valence-electron chi connectivity index (χ0n) is 30.6. The van der Waals surface area contributed by atoms with E-state index >= 15 is 0 Å². The van der Waals surface area contributed by atoms with Crippen LogP contribution in [0.3, 0.4) is 0 Å². The van der Waals surface area contributed by atoms with Gasteiger partial charge in [0.2, 0.25) is 0 Å². The van der Waals surface area contributed by atoms with E-state index in [1.165, 1.54) is 0 Å². The molecule has 50 heavy (non-hydrogen) atoms. The molecule has 2 aliphatic rings. The molecule has 0 spiro atoms. The molecule has 2 aliphatic heterocycles. The van der Waals surface area contributed by atoms with Crippen molar-refractivity contribution in [1.29, 1.82) is 0 Å². The van der Waals surface area contributed by atoms with Crippen molar-refractivity contribution in [3.05, 3.63) is 120 Å². The summed E-state index contributed by atoms with van der Waals surface area (Å²) in [7, 11) is 5.11. The summed E-state index contributed by atoms with van der Waals surface area (Å²) in [6.07, 6.45) is -0.263. The molecule has 2 heterocycles. The lowest BCUT2D eigenvalue weighted by atomic mass is 9.79. The Hall–Kier alpha value is -3.86. The molecule has 1 atom stereocenters. The van der Waals surface area contributed by atoms with E-state index in [0.29, 0.717) is 6.61 Å². The predicted octanol–water partition coefficient (Wildman–Crippen LogP) is 6.01. The van der Waals surface area contributed by atoms with Crippen LogP contribution in [0, 0.1) is 0 Å². The minimum Gasteiger partial charge on any atom is -0.497 e. The summed E-state index contributed by atoms with van der Waals surface area (Å²) in [6, 6.07) is 34.8. The second-order valence-electron chi connectivity index (χ2n) is 14.3. The number of benzene rings is 4. The Labute approximate surface area is 298 Å². The zero-order chi connectivity index (χ0) is 35.4. The summed E-state index contributed by atoms with van der Waals surface area (Å²) in [6.45, 7) is 13.3. The highest BCUT2D eigenvalue weighted by Crippen LogP contribution is 2.42. The number of nitrogens with zero attached hydrogens (tertiary/aromatic N) is 2. The fraction of sp³-hybridized carbons (Fsp3) is 0.415. The highest BCUT2D eigenvalue weighted by Gasteiger charge is 2.51. The Morgan fingerprint density at radius 3 is 1.64 bits per heavy atom. The van der Waals surface area contributed by atoms with E-state index in [1.807, 2.05) is 54.6 Å². The van der Waals surface area contributed by atoms with Crippen molar-refractivity contribution in [2.75, 3.05) is 60.6 Å².